The number of hydrogen-bond donors (Lipinski definition) is 0. The summed E-state index contributed by atoms with van der Waals surface area (Å²) in [7, 11) is 0. The fraction of sp³-hybridized carbons (Fsp3) is 0.833. The average molecular weight is 179 g/mol. The summed E-state index contributed by atoms with van der Waals surface area (Å²) in [6.07, 6.45) is 9.34. The molecule has 0 aromatic heterocycles. The van der Waals surface area contributed by atoms with E-state index in [-0.39, 0.29) is 0 Å². The smallest absolute Gasteiger partial charge is 0.0290 e. The maximum absolute atomic E-state index is 2.66. The van der Waals surface area contributed by atoms with E-state index in [0.717, 1.165) is 12.0 Å². The highest BCUT2D eigenvalue weighted by Crippen LogP contribution is 2.37. The molecule has 2 fully saturated rings. The normalized spacial score (nSPS) is 36.8. The second-order valence-corrected chi connectivity index (χ2v) is 4.48. The summed E-state index contributed by atoms with van der Waals surface area (Å²) >= 11 is 0. The first-order chi connectivity index (χ1) is 6.35. The molecular weight excluding hydrogens is 158 g/mol. The summed E-state index contributed by atoms with van der Waals surface area (Å²) in [4.78, 5) is 2.66. The van der Waals surface area contributed by atoms with Gasteiger partial charge in [-0.1, -0.05) is 19.4 Å². The van der Waals surface area contributed by atoms with E-state index in [0.29, 0.717) is 0 Å². The summed E-state index contributed by atoms with van der Waals surface area (Å²) < 4.78 is 0. The van der Waals surface area contributed by atoms with Gasteiger partial charge in [0.25, 0.3) is 0 Å². The lowest BCUT2D eigenvalue weighted by Gasteiger charge is -2.38. The largest absolute Gasteiger partial charge is 0.372 e. The lowest BCUT2D eigenvalue weighted by Crippen LogP contribution is -2.36. The van der Waals surface area contributed by atoms with E-state index in [1.54, 1.807) is 5.70 Å². The lowest BCUT2D eigenvalue weighted by atomic mass is 9.87. The first kappa shape index (κ1) is 9.11. The fourth-order valence-electron chi connectivity index (χ4n) is 2.93. The van der Waals surface area contributed by atoms with E-state index in [4.69, 9.17) is 0 Å². The van der Waals surface area contributed by atoms with Gasteiger partial charge in [-0.3, -0.25) is 0 Å². The first-order valence-corrected chi connectivity index (χ1v) is 5.77. The van der Waals surface area contributed by atoms with Crippen molar-refractivity contribution in [3.05, 3.63) is 11.8 Å². The molecule has 0 aliphatic carbocycles. The van der Waals surface area contributed by atoms with Gasteiger partial charge in [0, 0.05) is 18.3 Å². The monoisotopic (exact) mass is 179 g/mol. The van der Waals surface area contributed by atoms with Crippen molar-refractivity contribution < 1.29 is 0 Å². The summed E-state index contributed by atoms with van der Waals surface area (Å²) in [5.74, 6) is 0.963. The van der Waals surface area contributed by atoms with Gasteiger partial charge in [-0.15, -0.1) is 0 Å². The Kier molecular flexibility index (Phi) is 2.61. The average Bonchev–Trinajstić information content (AvgIpc) is 2.63. The molecule has 2 unspecified atom stereocenters. The Morgan fingerprint density at radius 2 is 2.38 bits per heavy atom. The van der Waals surface area contributed by atoms with Crippen LogP contribution in [0.5, 0.6) is 0 Å². The predicted molar refractivity (Wildman–Crippen MR) is 56.5 cm³/mol. The minimum absolute atomic E-state index is 0.893. The molecule has 0 aromatic rings. The molecule has 1 heteroatoms. The zero-order valence-electron chi connectivity index (χ0n) is 8.92. The van der Waals surface area contributed by atoms with Gasteiger partial charge < -0.3 is 4.90 Å². The molecule has 2 atom stereocenters. The minimum atomic E-state index is 0.893. The zero-order valence-corrected chi connectivity index (χ0v) is 8.92. The van der Waals surface area contributed by atoms with Crippen LogP contribution in [0.1, 0.15) is 46.0 Å². The van der Waals surface area contributed by atoms with Gasteiger partial charge in [-0.05, 0) is 38.5 Å². The van der Waals surface area contributed by atoms with Crippen molar-refractivity contribution in [3.63, 3.8) is 0 Å². The number of fused-ring (bicyclic) bond motifs is 1. The predicted octanol–water partition coefficient (Wildman–Crippen LogP) is 3.17. The Hall–Kier alpha value is -0.460. The van der Waals surface area contributed by atoms with Crippen LogP contribution in [-0.2, 0) is 0 Å². The van der Waals surface area contributed by atoms with Crippen LogP contribution in [0, 0.1) is 5.92 Å². The van der Waals surface area contributed by atoms with E-state index in [1.165, 1.54) is 38.6 Å². The van der Waals surface area contributed by atoms with Gasteiger partial charge in [0.1, 0.15) is 0 Å². The molecule has 2 saturated heterocycles. The highest BCUT2D eigenvalue weighted by molar-refractivity contribution is 5.09. The second kappa shape index (κ2) is 3.73. The van der Waals surface area contributed by atoms with Gasteiger partial charge in [-0.2, -0.15) is 0 Å². The van der Waals surface area contributed by atoms with Gasteiger partial charge in [0.15, 0.2) is 0 Å². The van der Waals surface area contributed by atoms with Crippen LogP contribution in [0.15, 0.2) is 11.8 Å². The standard InChI is InChI=1S/C12H21N/c1-3-10-8-11(4-2)13-7-5-6-12(13)9-10/h4,10,12H,3,5-9H2,1-2H3. The quantitative estimate of drug-likeness (QED) is 0.597. The molecule has 74 valence electrons. The third-order valence-electron chi connectivity index (χ3n) is 3.76. The Morgan fingerprint density at radius 3 is 3.08 bits per heavy atom. The molecule has 0 N–H and O–H groups in total. The Morgan fingerprint density at radius 1 is 1.54 bits per heavy atom. The molecular formula is C12H21N. The topological polar surface area (TPSA) is 3.24 Å². The molecule has 0 amide bonds. The van der Waals surface area contributed by atoms with Crippen molar-refractivity contribution in [2.45, 2.75) is 52.0 Å². The molecule has 0 aromatic carbocycles. The van der Waals surface area contributed by atoms with E-state index >= 15 is 0 Å². The first-order valence-electron chi connectivity index (χ1n) is 5.77. The number of rotatable bonds is 1. The van der Waals surface area contributed by atoms with Crippen molar-refractivity contribution in [1.82, 2.24) is 4.90 Å². The van der Waals surface area contributed by atoms with Crippen molar-refractivity contribution in [3.8, 4) is 0 Å². The molecule has 1 nitrogen and oxygen atoms in total. The molecule has 0 radical (unpaired) electrons. The van der Waals surface area contributed by atoms with Crippen LogP contribution in [-0.4, -0.2) is 17.5 Å². The Balaban J connectivity index is 2.10. The summed E-state index contributed by atoms with van der Waals surface area (Å²) in [6, 6.07) is 0.893. The summed E-state index contributed by atoms with van der Waals surface area (Å²) in [5.41, 5.74) is 1.63. The van der Waals surface area contributed by atoms with Crippen molar-refractivity contribution in [1.29, 1.82) is 0 Å². The van der Waals surface area contributed by atoms with Gasteiger partial charge >= 0.3 is 0 Å². The molecule has 2 heterocycles. The SMILES string of the molecule is CC=C1CC(CC)CC2CCCN12. The number of piperidine rings is 1. The highest BCUT2D eigenvalue weighted by atomic mass is 15.2. The van der Waals surface area contributed by atoms with Crippen molar-refractivity contribution >= 4 is 0 Å². The molecule has 2 aliphatic rings. The maximum Gasteiger partial charge on any atom is 0.0290 e. The van der Waals surface area contributed by atoms with E-state index in [2.05, 4.69) is 24.8 Å². The number of hydrogen-bond acceptors (Lipinski definition) is 1. The van der Waals surface area contributed by atoms with E-state index in [1.807, 2.05) is 0 Å². The van der Waals surface area contributed by atoms with Crippen LogP contribution >= 0.6 is 0 Å². The summed E-state index contributed by atoms with van der Waals surface area (Å²) in [6.45, 7) is 5.85. The van der Waals surface area contributed by atoms with Crippen molar-refractivity contribution in [2.24, 2.45) is 5.92 Å². The maximum atomic E-state index is 2.66. The van der Waals surface area contributed by atoms with Gasteiger partial charge in [-0.25, -0.2) is 0 Å². The second-order valence-electron chi connectivity index (χ2n) is 4.48. The van der Waals surface area contributed by atoms with Gasteiger partial charge in [0.2, 0.25) is 0 Å². The minimum Gasteiger partial charge on any atom is -0.372 e. The molecule has 2 aliphatic heterocycles. The van der Waals surface area contributed by atoms with Crippen LogP contribution in [0.4, 0.5) is 0 Å². The third-order valence-corrected chi connectivity index (χ3v) is 3.76. The van der Waals surface area contributed by atoms with Crippen LogP contribution in [0.3, 0.4) is 0 Å². The molecule has 2 rings (SSSR count). The van der Waals surface area contributed by atoms with Crippen molar-refractivity contribution in [2.75, 3.05) is 6.54 Å². The van der Waals surface area contributed by atoms with Crippen LogP contribution < -0.4 is 0 Å². The zero-order chi connectivity index (χ0) is 9.26. The van der Waals surface area contributed by atoms with Crippen LogP contribution in [0.25, 0.3) is 0 Å². The number of allylic oxidation sites excluding steroid dienone is 2. The van der Waals surface area contributed by atoms with E-state index < -0.39 is 0 Å². The van der Waals surface area contributed by atoms with Gasteiger partial charge in [0.05, 0.1) is 0 Å². The lowest BCUT2D eigenvalue weighted by molar-refractivity contribution is 0.201. The molecule has 13 heavy (non-hydrogen) atoms. The number of nitrogens with zero attached hydrogens (tertiary/aromatic N) is 1. The molecule has 0 saturated carbocycles. The molecule has 0 spiro atoms. The third kappa shape index (κ3) is 1.61. The summed E-state index contributed by atoms with van der Waals surface area (Å²) in [5, 5.41) is 0. The highest BCUT2D eigenvalue weighted by Gasteiger charge is 2.32. The van der Waals surface area contributed by atoms with Crippen LogP contribution in [0.2, 0.25) is 0 Å². The Labute approximate surface area is 81.8 Å². The fourth-order valence-corrected chi connectivity index (χ4v) is 2.93. The van der Waals surface area contributed by atoms with E-state index in [9.17, 15) is 0 Å². The molecule has 0 bridgehead atoms. The Bertz CT molecular complexity index is 207.